The minimum atomic E-state index is -0.487. The van der Waals surface area contributed by atoms with E-state index in [2.05, 4.69) is 103 Å². The number of benzene rings is 4. The van der Waals surface area contributed by atoms with E-state index in [0.717, 1.165) is 76.2 Å². The summed E-state index contributed by atoms with van der Waals surface area (Å²) in [4.78, 5) is 9.58. The Bertz CT molecular complexity index is 2500. The van der Waals surface area contributed by atoms with Crippen LogP contribution in [0.15, 0.2) is 116 Å². The molecule has 0 saturated heterocycles. The fourth-order valence-corrected chi connectivity index (χ4v) is 7.65. The topological polar surface area (TPSA) is 39.4 Å². The Morgan fingerprint density at radius 1 is 0.667 bits per heavy atom. The van der Waals surface area contributed by atoms with Crippen molar-refractivity contribution < 1.29 is 6.11 Å². The monoisotopic (exact) mass is 626 g/mol. The molecule has 0 spiro atoms. The predicted octanol–water partition coefficient (Wildman–Crippen LogP) is 12.1. The Morgan fingerprint density at radius 2 is 1.48 bits per heavy atom. The first kappa shape index (κ1) is 27.9. The number of hydrogen-bond acceptors (Lipinski definition) is 3. The van der Waals surface area contributed by atoms with E-state index in [4.69, 9.17) is 9.72 Å². The maximum absolute atomic E-state index is 9.30. The van der Waals surface area contributed by atoms with Gasteiger partial charge in [0.1, 0.15) is 11.5 Å². The smallest absolute Gasteiger partial charge is 0.128 e. The van der Waals surface area contributed by atoms with E-state index in [1.807, 2.05) is 42.7 Å². The summed E-state index contributed by atoms with van der Waals surface area (Å²) in [6.07, 6.45) is 9.25. The molecule has 1 aliphatic carbocycles. The van der Waals surface area contributed by atoms with Gasteiger partial charge >= 0.3 is 0 Å². The molecule has 8 aromatic rings. The van der Waals surface area contributed by atoms with E-state index in [0.29, 0.717) is 0 Å². The molecule has 0 radical (unpaired) electrons. The van der Waals surface area contributed by atoms with Crippen LogP contribution in [0.5, 0.6) is 11.5 Å². The predicted molar refractivity (Wildman–Crippen MR) is 199 cm³/mol. The highest BCUT2D eigenvalue weighted by molar-refractivity contribution is 6.23. The van der Waals surface area contributed by atoms with Gasteiger partial charge in [0.25, 0.3) is 0 Å². The average Bonchev–Trinajstić information content (AvgIpc) is 3.63. The zero-order valence-corrected chi connectivity index (χ0v) is 27.8. The molecule has 4 nitrogen and oxygen atoms in total. The molecular formula is C44H39N3O. The molecule has 1 saturated carbocycles. The third-order valence-electron chi connectivity index (χ3n) is 10.2. The van der Waals surface area contributed by atoms with Crippen LogP contribution in [-0.2, 0) is 5.41 Å². The molecule has 9 rings (SSSR count). The molecule has 236 valence electrons. The summed E-state index contributed by atoms with van der Waals surface area (Å²) >= 11 is 0. The van der Waals surface area contributed by atoms with Crippen LogP contribution in [0.4, 0.5) is 0 Å². The Labute approximate surface area is 282 Å². The van der Waals surface area contributed by atoms with Crippen molar-refractivity contribution in [2.75, 3.05) is 0 Å². The highest BCUT2D eigenvalue weighted by Crippen LogP contribution is 2.42. The van der Waals surface area contributed by atoms with E-state index in [-0.39, 0.29) is 5.41 Å². The van der Waals surface area contributed by atoms with Gasteiger partial charge in [-0.3, -0.25) is 9.97 Å². The number of hydrogen-bond donors (Lipinski definition) is 0. The molecule has 0 unspecified atom stereocenters. The Hall–Kier alpha value is -5.22. The normalized spacial score (nSPS) is 15.4. The molecule has 4 heteroatoms. The van der Waals surface area contributed by atoms with Crippen LogP contribution >= 0.6 is 0 Å². The Kier molecular flexibility index (Phi) is 6.50. The van der Waals surface area contributed by atoms with Crippen LogP contribution in [0.25, 0.3) is 60.6 Å². The van der Waals surface area contributed by atoms with Gasteiger partial charge in [-0.2, -0.15) is 0 Å². The third kappa shape index (κ3) is 4.90. The number of rotatable bonds is 5. The van der Waals surface area contributed by atoms with Gasteiger partial charge in [0.05, 0.1) is 27.9 Å². The van der Waals surface area contributed by atoms with Crippen molar-refractivity contribution in [3.63, 3.8) is 0 Å². The lowest BCUT2D eigenvalue weighted by Gasteiger charge is -2.22. The molecule has 4 aromatic heterocycles. The van der Waals surface area contributed by atoms with Crippen molar-refractivity contribution in [2.24, 2.45) is 0 Å². The van der Waals surface area contributed by atoms with Gasteiger partial charge in [0, 0.05) is 46.4 Å². The van der Waals surface area contributed by atoms with E-state index in [9.17, 15) is 1.37 Å². The fourth-order valence-electron chi connectivity index (χ4n) is 7.65. The van der Waals surface area contributed by atoms with Gasteiger partial charge in [-0.05, 0) is 95.9 Å². The summed E-state index contributed by atoms with van der Waals surface area (Å²) in [5.41, 5.74) is 9.69. The maximum Gasteiger partial charge on any atom is 0.128 e. The van der Waals surface area contributed by atoms with Crippen molar-refractivity contribution in [2.45, 2.75) is 64.2 Å². The third-order valence-corrected chi connectivity index (χ3v) is 10.2. The second-order valence-electron chi connectivity index (χ2n) is 14.4. The highest BCUT2D eigenvalue weighted by Gasteiger charge is 2.22. The van der Waals surface area contributed by atoms with E-state index < -0.39 is 5.89 Å². The first-order valence-electron chi connectivity index (χ1n) is 17.7. The minimum absolute atomic E-state index is 0.0508. The molecular weight excluding hydrogens is 587 g/mol. The fraction of sp³-hybridized carbons (Fsp3) is 0.227. The van der Waals surface area contributed by atoms with Crippen LogP contribution in [0.3, 0.4) is 0 Å². The molecule has 0 N–H and O–H groups in total. The Morgan fingerprint density at radius 3 is 2.29 bits per heavy atom. The van der Waals surface area contributed by atoms with E-state index in [1.165, 1.54) is 39.2 Å². The lowest BCUT2D eigenvalue weighted by Crippen LogP contribution is -2.11. The van der Waals surface area contributed by atoms with Crippen molar-refractivity contribution in [1.29, 1.82) is 0 Å². The van der Waals surface area contributed by atoms with Crippen LogP contribution in [0.2, 0.25) is 0 Å². The number of pyridine rings is 2. The van der Waals surface area contributed by atoms with Gasteiger partial charge in [-0.1, -0.05) is 82.5 Å². The van der Waals surface area contributed by atoms with Crippen molar-refractivity contribution >= 4 is 38.1 Å². The summed E-state index contributed by atoms with van der Waals surface area (Å²) in [5.74, 6) is 1.05. The van der Waals surface area contributed by atoms with Gasteiger partial charge in [-0.25, -0.2) is 0 Å². The molecule has 4 heterocycles. The second-order valence-corrected chi connectivity index (χ2v) is 14.4. The largest absolute Gasteiger partial charge is 0.457 e. The average molecular weight is 627 g/mol. The molecule has 0 bridgehead atoms. The van der Waals surface area contributed by atoms with E-state index in [1.54, 1.807) is 0 Å². The summed E-state index contributed by atoms with van der Waals surface area (Å²) in [6, 6.07) is 36.2. The van der Waals surface area contributed by atoms with Crippen LogP contribution < -0.4 is 4.74 Å². The lowest BCUT2D eigenvalue weighted by molar-refractivity contribution is 0.444. The molecule has 4 aromatic carbocycles. The molecule has 1 fully saturated rings. The summed E-state index contributed by atoms with van der Waals surface area (Å²) in [5, 5.41) is 4.83. The van der Waals surface area contributed by atoms with Gasteiger partial charge in [0.15, 0.2) is 0 Å². The first-order valence-corrected chi connectivity index (χ1v) is 17.2. The summed E-state index contributed by atoms with van der Waals surface area (Å²) < 4.78 is 18.3. The quantitative estimate of drug-likeness (QED) is 0.191. The number of fused-ring (bicyclic) bond motifs is 6. The van der Waals surface area contributed by atoms with Crippen molar-refractivity contribution in [3.8, 4) is 34.0 Å². The second kappa shape index (κ2) is 11.2. The number of nitrogens with zero attached hydrogens (tertiary/aromatic N) is 3. The molecule has 0 aliphatic heterocycles. The van der Waals surface area contributed by atoms with Crippen LogP contribution in [0, 0.1) is 0 Å². The minimum Gasteiger partial charge on any atom is -0.457 e. The van der Waals surface area contributed by atoms with Crippen LogP contribution in [0.1, 0.15) is 71.3 Å². The highest BCUT2D eigenvalue weighted by atomic mass is 16.5. The van der Waals surface area contributed by atoms with Crippen molar-refractivity contribution in [3.05, 3.63) is 127 Å². The number of para-hydroxylation sites is 1. The van der Waals surface area contributed by atoms with Gasteiger partial charge < -0.3 is 9.14 Å². The van der Waals surface area contributed by atoms with Crippen LogP contribution in [-0.4, -0.2) is 14.4 Å². The lowest BCUT2D eigenvalue weighted by atomic mass is 9.84. The maximum atomic E-state index is 9.30. The zero-order valence-electron chi connectivity index (χ0n) is 28.8. The molecule has 0 amide bonds. The van der Waals surface area contributed by atoms with Gasteiger partial charge in [-0.15, -0.1) is 0 Å². The van der Waals surface area contributed by atoms with Crippen molar-refractivity contribution in [1.82, 2.24) is 14.4 Å². The first-order chi connectivity index (χ1) is 23.7. The number of ether oxygens (including phenoxy) is 1. The molecule has 48 heavy (non-hydrogen) atoms. The molecule has 1 aliphatic rings. The van der Waals surface area contributed by atoms with Gasteiger partial charge in [0.2, 0.25) is 0 Å². The summed E-state index contributed by atoms with van der Waals surface area (Å²) in [6.45, 7) is 6.65. The number of aromatic nitrogens is 3. The zero-order chi connectivity index (χ0) is 33.3. The SMILES string of the molecule is [2H]C1(c2ccc3c(c2)c2cccc4c5cnc(-c6cccc(Oc7cc(-c8ccccn8)cc(C(C)(C)C)c7)c6)cc5n3c24)CCCCC1. The standard InChI is InChI=1S/C44H39N3O/c1-44(2,3)32-21-31(39-17-7-8-20-45-39)23-34(25-32)48-33-14-9-13-30(22-33)40-26-42-38(27-46-40)36-16-10-15-35-37-24-29(28-11-5-4-6-12-28)18-19-41(37)47(42)43(35)36/h7-10,13-28H,4-6,11-12H2,1-3H3/i28D. The molecule has 0 atom stereocenters. The summed E-state index contributed by atoms with van der Waals surface area (Å²) in [7, 11) is 0. The van der Waals surface area contributed by atoms with E-state index >= 15 is 0 Å². The Balaban J connectivity index is 1.13.